The van der Waals surface area contributed by atoms with Gasteiger partial charge < -0.3 is 21.7 Å². The average Bonchev–Trinajstić information content (AvgIpc) is 2.52. The standard InChI is InChI=1S/C10H14O4.C6H14N2.2H2O.Pt/c1-3-4-7-5-8(12)9(6(2)11)10(13)14-7;7-5-3-1-2-4-6(5)8;;;/h7,9H,3-5H2,1-2H3;5-6H,1-4,7-8H2;2*1H2;/q;;;;+1/p-1/t;5-,6-;;;/m.1.../s1. The molecule has 7 N–H and O–H groups in total. The van der Waals surface area contributed by atoms with Crippen molar-refractivity contribution in [2.75, 3.05) is 0 Å². The maximum absolute atomic E-state index is 11.4. The van der Waals surface area contributed by atoms with Gasteiger partial charge in [-0.05, 0) is 26.2 Å². The van der Waals surface area contributed by atoms with E-state index < -0.39 is 17.7 Å². The van der Waals surface area contributed by atoms with E-state index in [-0.39, 0.29) is 35.9 Å². The maximum atomic E-state index is 11.4. The summed E-state index contributed by atoms with van der Waals surface area (Å²) < 4.78 is 12.0. The number of ether oxygens (including phenoxy) is 1. The van der Waals surface area contributed by atoms with Crippen molar-refractivity contribution in [2.24, 2.45) is 17.4 Å². The van der Waals surface area contributed by atoms with Gasteiger partial charge in [-0.1, -0.05) is 26.2 Å². The van der Waals surface area contributed by atoms with Gasteiger partial charge in [0.05, 0.1) is 0 Å². The van der Waals surface area contributed by atoms with E-state index in [1.54, 1.807) is 0 Å². The van der Waals surface area contributed by atoms with Crippen molar-refractivity contribution in [2.45, 2.75) is 77.0 Å². The molecule has 9 heteroatoms. The zero-order valence-electron chi connectivity index (χ0n) is 14.8. The van der Waals surface area contributed by atoms with Crippen molar-refractivity contribution in [3.63, 3.8) is 0 Å². The molecule has 8 nitrogen and oxygen atoms in total. The van der Waals surface area contributed by atoms with Crippen LogP contribution >= 0.6 is 0 Å². The molecule has 2 unspecified atom stereocenters. The first-order chi connectivity index (χ1) is 11.4. The third-order valence-electron chi connectivity index (χ3n) is 4.16. The second-order valence-electron chi connectivity index (χ2n) is 6.17. The third kappa shape index (κ3) is 9.56. The first-order valence-corrected chi connectivity index (χ1v) is 9.27. The number of carbonyl (C=O) groups excluding carboxylic acids is 3. The first-order valence-electron chi connectivity index (χ1n) is 8.25. The van der Waals surface area contributed by atoms with E-state index in [1.165, 1.54) is 19.8 Å². The number of hydrogen-bond acceptors (Lipinski definition) is 7. The van der Waals surface area contributed by atoms with Crippen LogP contribution in [0.15, 0.2) is 0 Å². The Morgan fingerprint density at radius 3 is 2.00 bits per heavy atom. The molecule has 2 fully saturated rings. The Morgan fingerprint density at radius 1 is 1.20 bits per heavy atom. The monoisotopic (exact) mass is 542 g/mol. The Hall–Kier alpha value is -0.662. The fourth-order valence-corrected chi connectivity index (χ4v) is 2.81. The van der Waals surface area contributed by atoms with E-state index in [2.05, 4.69) is 0 Å². The first kappa shape index (κ1) is 26.6. The molecule has 0 radical (unpaired) electrons. The van der Waals surface area contributed by atoms with Crippen LogP contribution < -0.4 is 11.5 Å². The summed E-state index contributed by atoms with van der Waals surface area (Å²) in [6.45, 7) is 3.19. The molecule has 25 heavy (non-hydrogen) atoms. The van der Waals surface area contributed by atoms with Crippen LogP contribution in [0.4, 0.5) is 0 Å². The molecular weight excluding hydrogens is 511 g/mol. The zero-order chi connectivity index (χ0) is 18.7. The van der Waals surface area contributed by atoms with Crippen LogP contribution in [0.25, 0.3) is 0 Å². The molecule has 2 aliphatic rings. The molecule has 0 amide bonds. The summed E-state index contributed by atoms with van der Waals surface area (Å²) in [4.78, 5) is 33.6. The molecule has 2 rings (SSSR count). The van der Waals surface area contributed by atoms with Gasteiger partial charge in [-0.15, -0.1) is 0 Å². The van der Waals surface area contributed by atoms with E-state index in [1.807, 2.05) is 6.92 Å². The number of cyclic esters (lactones) is 1. The summed E-state index contributed by atoms with van der Waals surface area (Å²) in [6.07, 6.45) is 6.20. The van der Waals surface area contributed by atoms with Crippen LogP contribution in [-0.4, -0.2) is 45.0 Å². The van der Waals surface area contributed by atoms with Crippen LogP contribution in [0.5, 0.6) is 0 Å². The van der Waals surface area contributed by atoms with Gasteiger partial charge >= 0.3 is 29.9 Å². The molecule has 151 valence electrons. The van der Waals surface area contributed by atoms with Gasteiger partial charge in [0.25, 0.3) is 0 Å². The molecule has 0 aromatic rings. The van der Waals surface area contributed by atoms with E-state index in [0.717, 1.165) is 39.5 Å². The molecule has 0 bridgehead atoms. The normalized spacial score (nSPS) is 28.3. The van der Waals surface area contributed by atoms with Crippen molar-refractivity contribution in [1.29, 1.82) is 0 Å². The summed E-state index contributed by atoms with van der Waals surface area (Å²) in [6, 6.07) is 0.562. The van der Waals surface area contributed by atoms with E-state index in [4.69, 9.17) is 20.0 Å². The topological polar surface area (TPSA) is 164 Å². The van der Waals surface area contributed by atoms with Gasteiger partial charge in [-0.3, -0.25) is 14.4 Å². The van der Waals surface area contributed by atoms with Crippen molar-refractivity contribution in [3.8, 4) is 0 Å². The Kier molecular flexibility index (Phi) is 15.4. The van der Waals surface area contributed by atoms with E-state index in [0.29, 0.717) is 6.42 Å². The molecule has 1 saturated heterocycles. The van der Waals surface area contributed by atoms with Gasteiger partial charge in [-0.25, -0.2) is 0 Å². The van der Waals surface area contributed by atoms with Crippen molar-refractivity contribution >= 4 is 17.5 Å². The van der Waals surface area contributed by atoms with Crippen LogP contribution in [0.2, 0.25) is 0 Å². The second kappa shape index (κ2) is 14.5. The van der Waals surface area contributed by atoms with Crippen LogP contribution in [0, 0.1) is 5.92 Å². The molecule has 1 aliphatic carbocycles. The summed E-state index contributed by atoms with van der Waals surface area (Å²) in [5.74, 6) is -2.56. The SMILES string of the molecule is CCCC1CC(=O)C(C(C)=O)C(=O)O1.N[C@@H]1CCCC[C@H]1N.O.[OH][Pt]. The molecule has 1 aliphatic heterocycles. The number of Topliss-reactive ketones (excluding diaryl/α,β-unsaturated/α-hetero) is 2. The molecule has 1 heterocycles. The number of rotatable bonds is 3. The minimum absolute atomic E-state index is 0. The van der Waals surface area contributed by atoms with Gasteiger partial charge in [0.1, 0.15) is 6.10 Å². The summed E-state index contributed by atoms with van der Waals surface area (Å²) in [5.41, 5.74) is 11.3. The number of ketones is 2. The summed E-state index contributed by atoms with van der Waals surface area (Å²) >= 11 is 1.14. The Bertz CT molecular complexity index is 393. The molecule has 4 atom stereocenters. The fourth-order valence-electron chi connectivity index (χ4n) is 2.81. The number of nitrogens with two attached hydrogens (primary N) is 2. The van der Waals surface area contributed by atoms with Crippen molar-refractivity contribution in [1.82, 2.24) is 0 Å². The van der Waals surface area contributed by atoms with Gasteiger partial charge in [0.2, 0.25) is 0 Å². The molecule has 0 aromatic heterocycles. The van der Waals surface area contributed by atoms with Gasteiger partial charge in [0, 0.05) is 18.5 Å². The molecule has 0 spiro atoms. The average molecular weight is 543 g/mol. The second-order valence-corrected chi connectivity index (χ2v) is 6.17. The number of carbonyl (C=O) groups is 3. The van der Waals surface area contributed by atoms with Crippen molar-refractivity contribution < 1.29 is 48.6 Å². The number of hydrogen-bond donors (Lipinski definition) is 3. The van der Waals surface area contributed by atoms with Gasteiger partial charge in [-0.2, -0.15) is 0 Å². The summed E-state index contributed by atoms with van der Waals surface area (Å²) in [5, 5.41) is 0. The number of esters is 1. The Labute approximate surface area is 160 Å². The van der Waals surface area contributed by atoms with Crippen molar-refractivity contribution in [3.05, 3.63) is 0 Å². The molecule has 0 aromatic carbocycles. The Morgan fingerprint density at radius 2 is 1.68 bits per heavy atom. The summed E-state index contributed by atoms with van der Waals surface area (Å²) in [7, 11) is 0. The van der Waals surface area contributed by atoms with Crippen LogP contribution in [0.3, 0.4) is 0 Å². The van der Waals surface area contributed by atoms with Crippen LogP contribution in [0.1, 0.15) is 58.8 Å². The zero-order valence-corrected chi connectivity index (χ0v) is 17.1. The fraction of sp³-hybridized carbons (Fsp3) is 0.812. The Balaban J connectivity index is 0. The minimum atomic E-state index is -1.16. The van der Waals surface area contributed by atoms with E-state index in [9.17, 15) is 14.4 Å². The molecular formula is C16H31N2O6Pt. The predicted molar refractivity (Wildman–Crippen MR) is 88.8 cm³/mol. The van der Waals surface area contributed by atoms with Gasteiger partial charge in [0.15, 0.2) is 17.5 Å². The predicted octanol–water partition coefficient (Wildman–Crippen LogP) is -0.293. The van der Waals surface area contributed by atoms with E-state index >= 15 is 0 Å². The third-order valence-corrected chi connectivity index (χ3v) is 4.16. The molecule has 1 saturated carbocycles. The quantitative estimate of drug-likeness (QED) is 0.326. The van der Waals surface area contributed by atoms with Crippen LogP contribution in [-0.2, 0) is 39.3 Å².